The molecular weight excluding hydrogens is 396 g/mol. The number of halogens is 1. The summed E-state index contributed by atoms with van der Waals surface area (Å²) < 4.78 is 0. The van der Waals surface area contributed by atoms with E-state index < -0.39 is 0 Å². The molecule has 2 heterocycles. The molecule has 3 heteroatoms. The minimum atomic E-state index is 0.706. The number of hydrogen-bond acceptors (Lipinski definition) is 2. The predicted octanol–water partition coefficient (Wildman–Crippen LogP) is 6.68. The van der Waals surface area contributed by atoms with Crippen LogP contribution in [0.15, 0.2) is 84.9 Å². The smallest absolute Gasteiger partial charge is 0.0896 e. The maximum Gasteiger partial charge on any atom is 0.0896 e. The molecule has 0 saturated heterocycles. The molecule has 0 atom stereocenters. The molecule has 0 bridgehead atoms. The molecule has 27 heavy (non-hydrogen) atoms. The average Bonchev–Trinajstić information content (AvgIpc) is 2.74. The first-order chi connectivity index (χ1) is 13.2. The molecule has 4 rings (SSSR count). The third-order valence-electron chi connectivity index (χ3n) is 4.45. The summed E-state index contributed by atoms with van der Waals surface area (Å²) in [5.41, 5.74) is 8.45. The van der Waals surface area contributed by atoms with Gasteiger partial charge in [0.15, 0.2) is 0 Å². The lowest BCUT2D eigenvalue weighted by Gasteiger charge is -2.10. The van der Waals surface area contributed by atoms with E-state index in [-0.39, 0.29) is 0 Å². The Balaban J connectivity index is 1.85. The molecule has 0 aliphatic carbocycles. The number of pyridine rings is 2. The zero-order valence-electron chi connectivity index (χ0n) is 15.1. The molecule has 0 radical (unpaired) electrons. The fraction of sp³-hybridized carbons (Fsp3) is 0.0833. The van der Waals surface area contributed by atoms with E-state index in [4.69, 9.17) is 9.97 Å². The van der Waals surface area contributed by atoms with Crippen molar-refractivity contribution in [3.8, 4) is 33.6 Å². The van der Waals surface area contributed by atoms with Crippen molar-refractivity contribution < 1.29 is 0 Å². The number of hydrogen-bond donors (Lipinski definition) is 0. The normalized spacial score (nSPS) is 10.7. The highest BCUT2D eigenvalue weighted by molar-refractivity contribution is 9.08. The van der Waals surface area contributed by atoms with Crippen LogP contribution in [0.1, 0.15) is 11.4 Å². The molecule has 0 unspecified atom stereocenters. The molecule has 132 valence electrons. The van der Waals surface area contributed by atoms with Crippen LogP contribution < -0.4 is 0 Å². The summed E-state index contributed by atoms with van der Waals surface area (Å²) in [5.74, 6) is 0. The van der Waals surface area contributed by atoms with Crippen molar-refractivity contribution in [3.63, 3.8) is 0 Å². The molecule has 2 aromatic carbocycles. The standard InChI is InChI=1S/C24H19BrN2/c1-17-12-20(18-8-4-2-5-9-18)14-23(26-17)24-15-21(13-22(16-25)27-24)19-10-6-3-7-11-19/h2-15H,16H2,1H3. The summed E-state index contributed by atoms with van der Waals surface area (Å²) >= 11 is 3.55. The van der Waals surface area contributed by atoms with Gasteiger partial charge >= 0.3 is 0 Å². The summed E-state index contributed by atoms with van der Waals surface area (Å²) in [5, 5.41) is 0.706. The van der Waals surface area contributed by atoms with Gasteiger partial charge in [0.1, 0.15) is 0 Å². The highest BCUT2D eigenvalue weighted by Crippen LogP contribution is 2.29. The van der Waals surface area contributed by atoms with E-state index in [0.717, 1.165) is 33.9 Å². The number of alkyl halides is 1. The van der Waals surface area contributed by atoms with Gasteiger partial charge in [0, 0.05) is 11.0 Å². The Kier molecular flexibility index (Phi) is 5.12. The summed E-state index contributed by atoms with van der Waals surface area (Å²) in [4.78, 5) is 9.58. The molecular formula is C24H19BrN2. The second-order valence-corrected chi connectivity index (χ2v) is 7.04. The summed E-state index contributed by atoms with van der Waals surface area (Å²) in [6, 6.07) is 29.3. The molecule has 0 spiro atoms. The molecule has 0 amide bonds. The van der Waals surface area contributed by atoms with Crippen LogP contribution in [0.2, 0.25) is 0 Å². The Morgan fingerprint density at radius 1 is 0.630 bits per heavy atom. The highest BCUT2D eigenvalue weighted by Gasteiger charge is 2.10. The van der Waals surface area contributed by atoms with Crippen molar-refractivity contribution in [2.45, 2.75) is 12.3 Å². The van der Waals surface area contributed by atoms with E-state index in [1.807, 2.05) is 19.1 Å². The van der Waals surface area contributed by atoms with Crippen LogP contribution in [-0.2, 0) is 5.33 Å². The molecule has 0 saturated carbocycles. The van der Waals surface area contributed by atoms with Crippen LogP contribution in [-0.4, -0.2) is 9.97 Å². The van der Waals surface area contributed by atoms with Crippen LogP contribution in [0.25, 0.3) is 33.6 Å². The lowest BCUT2D eigenvalue weighted by molar-refractivity contribution is 1.14. The van der Waals surface area contributed by atoms with Crippen LogP contribution in [0.4, 0.5) is 0 Å². The van der Waals surface area contributed by atoms with Gasteiger partial charge in [-0.05, 0) is 53.4 Å². The number of aryl methyl sites for hydroxylation is 1. The summed E-state index contributed by atoms with van der Waals surface area (Å²) in [6.07, 6.45) is 0. The van der Waals surface area contributed by atoms with Crippen molar-refractivity contribution in [3.05, 3.63) is 96.3 Å². The minimum absolute atomic E-state index is 0.706. The molecule has 0 N–H and O–H groups in total. The summed E-state index contributed by atoms with van der Waals surface area (Å²) in [6.45, 7) is 2.03. The van der Waals surface area contributed by atoms with E-state index in [0.29, 0.717) is 5.33 Å². The second-order valence-electron chi connectivity index (χ2n) is 6.48. The zero-order chi connectivity index (χ0) is 18.6. The van der Waals surface area contributed by atoms with E-state index in [1.54, 1.807) is 0 Å². The Morgan fingerprint density at radius 2 is 1.15 bits per heavy atom. The SMILES string of the molecule is Cc1cc(-c2ccccc2)cc(-c2cc(-c3ccccc3)cc(CBr)n2)n1. The van der Waals surface area contributed by atoms with E-state index >= 15 is 0 Å². The lowest BCUT2D eigenvalue weighted by Crippen LogP contribution is -1.96. The quantitative estimate of drug-likeness (QED) is 0.348. The summed E-state index contributed by atoms with van der Waals surface area (Å²) in [7, 11) is 0. The van der Waals surface area contributed by atoms with Gasteiger partial charge in [-0.3, -0.25) is 9.97 Å². The van der Waals surface area contributed by atoms with E-state index in [9.17, 15) is 0 Å². The van der Waals surface area contributed by atoms with Gasteiger partial charge in [0.2, 0.25) is 0 Å². The Hall–Kier alpha value is -2.78. The topological polar surface area (TPSA) is 25.8 Å². The van der Waals surface area contributed by atoms with Gasteiger partial charge in [-0.2, -0.15) is 0 Å². The third-order valence-corrected chi connectivity index (χ3v) is 5.02. The fourth-order valence-electron chi connectivity index (χ4n) is 3.18. The first kappa shape index (κ1) is 17.6. The Labute approximate surface area is 168 Å². The number of aromatic nitrogens is 2. The molecule has 2 aromatic heterocycles. The van der Waals surface area contributed by atoms with Crippen molar-refractivity contribution in [1.82, 2.24) is 9.97 Å². The van der Waals surface area contributed by atoms with Crippen LogP contribution >= 0.6 is 15.9 Å². The van der Waals surface area contributed by atoms with Crippen LogP contribution in [0.5, 0.6) is 0 Å². The first-order valence-electron chi connectivity index (χ1n) is 8.90. The van der Waals surface area contributed by atoms with Gasteiger partial charge in [0.25, 0.3) is 0 Å². The molecule has 0 aliphatic rings. The first-order valence-corrected chi connectivity index (χ1v) is 10.0. The zero-order valence-corrected chi connectivity index (χ0v) is 16.6. The van der Waals surface area contributed by atoms with E-state index in [2.05, 4.69) is 88.7 Å². The van der Waals surface area contributed by atoms with Gasteiger partial charge < -0.3 is 0 Å². The Morgan fingerprint density at radius 3 is 1.70 bits per heavy atom. The average molecular weight is 415 g/mol. The fourth-order valence-corrected chi connectivity index (χ4v) is 3.47. The van der Waals surface area contributed by atoms with Gasteiger partial charge in [-0.25, -0.2) is 0 Å². The number of benzene rings is 2. The minimum Gasteiger partial charge on any atom is -0.251 e. The number of nitrogens with zero attached hydrogens (tertiary/aromatic N) is 2. The second kappa shape index (κ2) is 7.85. The largest absolute Gasteiger partial charge is 0.251 e. The predicted molar refractivity (Wildman–Crippen MR) is 116 cm³/mol. The van der Waals surface area contributed by atoms with E-state index in [1.165, 1.54) is 11.1 Å². The van der Waals surface area contributed by atoms with Crippen LogP contribution in [0.3, 0.4) is 0 Å². The lowest BCUT2D eigenvalue weighted by atomic mass is 10.0. The van der Waals surface area contributed by atoms with Gasteiger partial charge in [-0.15, -0.1) is 0 Å². The molecule has 0 aliphatic heterocycles. The van der Waals surface area contributed by atoms with Gasteiger partial charge in [-0.1, -0.05) is 76.6 Å². The maximum atomic E-state index is 4.81. The Bertz CT molecular complexity index is 1060. The molecule has 2 nitrogen and oxygen atoms in total. The van der Waals surface area contributed by atoms with Crippen molar-refractivity contribution >= 4 is 15.9 Å². The third kappa shape index (κ3) is 3.99. The van der Waals surface area contributed by atoms with Crippen molar-refractivity contribution in [1.29, 1.82) is 0 Å². The highest BCUT2D eigenvalue weighted by atomic mass is 79.9. The number of rotatable bonds is 4. The van der Waals surface area contributed by atoms with Crippen LogP contribution in [0, 0.1) is 6.92 Å². The maximum absolute atomic E-state index is 4.81. The van der Waals surface area contributed by atoms with Crippen molar-refractivity contribution in [2.75, 3.05) is 0 Å². The molecule has 4 aromatic rings. The molecule has 0 fully saturated rings. The van der Waals surface area contributed by atoms with Gasteiger partial charge in [0.05, 0.1) is 17.1 Å². The van der Waals surface area contributed by atoms with Crippen molar-refractivity contribution in [2.24, 2.45) is 0 Å². The monoisotopic (exact) mass is 414 g/mol.